The average Bonchev–Trinajstić information content (AvgIpc) is 2.72. The minimum atomic E-state index is -0.429. The van der Waals surface area contributed by atoms with E-state index in [9.17, 15) is 9.59 Å². The summed E-state index contributed by atoms with van der Waals surface area (Å²) < 4.78 is 5.18. The van der Waals surface area contributed by atoms with Gasteiger partial charge >= 0.3 is 5.97 Å². The van der Waals surface area contributed by atoms with Gasteiger partial charge in [0.1, 0.15) is 6.61 Å². The van der Waals surface area contributed by atoms with Crippen LogP contribution in [0.3, 0.4) is 0 Å². The van der Waals surface area contributed by atoms with Gasteiger partial charge < -0.3 is 9.64 Å². The summed E-state index contributed by atoms with van der Waals surface area (Å²) in [6.07, 6.45) is 3.62. The Balaban J connectivity index is 1.80. The number of esters is 1. The lowest BCUT2D eigenvalue weighted by Gasteiger charge is -2.20. The van der Waals surface area contributed by atoms with Crippen LogP contribution in [0.2, 0.25) is 0 Å². The number of likely N-dealkylation sites (tertiary alicyclic amines) is 1. The SMILES string of the molecule is N#Cc1ccc(C(=O)OCCN2CCCCCC2=O)cc1. The third-order valence-corrected chi connectivity index (χ3v) is 3.52. The predicted octanol–water partition coefficient (Wildman–Crippen LogP) is 2.12. The Labute approximate surface area is 124 Å². The molecule has 0 spiro atoms. The number of carbonyl (C=O) groups excluding carboxylic acids is 2. The molecule has 1 aromatic carbocycles. The minimum absolute atomic E-state index is 0.141. The van der Waals surface area contributed by atoms with Gasteiger partial charge in [0.15, 0.2) is 0 Å². The molecular formula is C16H18N2O3. The van der Waals surface area contributed by atoms with E-state index in [1.54, 1.807) is 29.2 Å². The van der Waals surface area contributed by atoms with Crippen molar-refractivity contribution >= 4 is 11.9 Å². The molecule has 1 aliphatic heterocycles. The molecule has 5 nitrogen and oxygen atoms in total. The Morgan fingerprint density at radius 3 is 2.71 bits per heavy atom. The molecule has 1 fully saturated rings. The lowest BCUT2D eigenvalue weighted by molar-refractivity contribution is -0.131. The number of hydrogen-bond acceptors (Lipinski definition) is 4. The second kappa shape index (κ2) is 7.44. The number of nitrogens with zero attached hydrogens (tertiary/aromatic N) is 2. The number of amides is 1. The molecule has 1 heterocycles. The average molecular weight is 286 g/mol. The highest BCUT2D eigenvalue weighted by Gasteiger charge is 2.16. The van der Waals surface area contributed by atoms with Gasteiger partial charge in [-0.25, -0.2) is 4.79 Å². The number of benzene rings is 1. The molecule has 2 rings (SSSR count). The van der Waals surface area contributed by atoms with Crippen molar-refractivity contribution in [1.82, 2.24) is 4.90 Å². The van der Waals surface area contributed by atoms with Crippen LogP contribution >= 0.6 is 0 Å². The van der Waals surface area contributed by atoms with Crippen LogP contribution in [0.1, 0.15) is 41.6 Å². The highest BCUT2D eigenvalue weighted by Crippen LogP contribution is 2.11. The summed E-state index contributed by atoms with van der Waals surface area (Å²) in [5.41, 5.74) is 0.915. The third kappa shape index (κ3) is 4.32. The topological polar surface area (TPSA) is 70.4 Å². The monoisotopic (exact) mass is 286 g/mol. The summed E-state index contributed by atoms with van der Waals surface area (Å²) in [4.78, 5) is 25.4. The van der Waals surface area contributed by atoms with Crippen molar-refractivity contribution in [2.45, 2.75) is 25.7 Å². The fraction of sp³-hybridized carbons (Fsp3) is 0.438. The van der Waals surface area contributed by atoms with E-state index in [2.05, 4.69) is 0 Å². The zero-order valence-electron chi connectivity index (χ0n) is 11.9. The van der Waals surface area contributed by atoms with Gasteiger partial charge in [0, 0.05) is 13.0 Å². The Morgan fingerprint density at radius 2 is 2.00 bits per heavy atom. The highest BCUT2D eigenvalue weighted by molar-refractivity contribution is 5.89. The first-order valence-corrected chi connectivity index (χ1v) is 7.16. The van der Waals surface area contributed by atoms with Crippen LogP contribution in [0.5, 0.6) is 0 Å². The van der Waals surface area contributed by atoms with E-state index in [1.807, 2.05) is 6.07 Å². The summed E-state index contributed by atoms with van der Waals surface area (Å²) in [5, 5.41) is 8.70. The van der Waals surface area contributed by atoms with Gasteiger partial charge in [-0.1, -0.05) is 6.42 Å². The zero-order valence-corrected chi connectivity index (χ0v) is 11.9. The van der Waals surface area contributed by atoms with Gasteiger partial charge in [-0.3, -0.25) is 4.79 Å². The largest absolute Gasteiger partial charge is 0.460 e. The first kappa shape index (κ1) is 15.0. The molecule has 0 aromatic heterocycles. The maximum atomic E-state index is 11.8. The molecular weight excluding hydrogens is 268 g/mol. The van der Waals surface area contributed by atoms with E-state index in [-0.39, 0.29) is 12.5 Å². The maximum Gasteiger partial charge on any atom is 0.338 e. The van der Waals surface area contributed by atoms with E-state index in [4.69, 9.17) is 10.00 Å². The van der Waals surface area contributed by atoms with Gasteiger partial charge in [-0.15, -0.1) is 0 Å². The molecule has 1 aromatic rings. The van der Waals surface area contributed by atoms with E-state index in [0.29, 0.717) is 24.1 Å². The minimum Gasteiger partial charge on any atom is -0.460 e. The molecule has 0 unspecified atom stereocenters. The Morgan fingerprint density at radius 1 is 1.24 bits per heavy atom. The van der Waals surface area contributed by atoms with E-state index in [0.717, 1.165) is 25.8 Å². The van der Waals surface area contributed by atoms with E-state index >= 15 is 0 Å². The third-order valence-electron chi connectivity index (χ3n) is 3.52. The van der Waals surface area contributed by atoms with Crippen LogP contribution in [0.4, 0.5) is 0 Å². The summed E-state index contributed by atoms with van der Waals surface area (Å²) in [7, 11) is 0. The lowest BCUT2D eigenvalue weighted by atomic mass is 10.1. The molecule has 0 N–H and O–H groups in total. The van der Waals surface area contributed by atoms with Crippen LogP contribution in [-0.4, -0.2) is 36.5 Å². The van der Waals surface area contributed by atoms with Crippen LogP contribution in [0.15, 0.2) is 24.3 Å². The van der Waals surface area contributed by atoms with Crippen molar-refractivity contribution in [2.24, 2.45) is 0 Å². The zero-order chi connectivity index (χ0) is 15.1. The highest BCUT2D eigenvalue weighted by atomic mass is 16.5. The van der Waals surface area contributed by atoms with Crippen LogP contribution in [0.25, 0.3) is 0 Å². The van der Waals surface area contributed by atoms with Crippen molar-refractivity contribution in [3.63, 3.8) is 0 Å². The molecule has 110 valence electrons. The number of rotatable bonds is 4. The molecule has 0 atom stereocenters. The fourth-order valence-electron chi connectivity index (χ4n) is 2.29. The number of carbonyl (C=O) groups is 2. The smallest absolute Gasteiger partial charge is 0.338 e. The van der Waals surface area contributed by atoms with Gasteiger partial charge in [0.2, 0.25) is 5.91 Å². The Bertz CT molecular complexity index is 546. The molecule has 0 radical (unpaired) electrons. The van der Waals surface area contributed by atoms with Crippen LogP contribution in [0, 0.1) is 11.3 Å². The van der Waals surface area contributed by atoms with Crippen molar-refractivity contribution in [3.8, 4) is 6.07 Å². The summed E-state index contributed by atoms with van der Waals surface area (Å²) in [5.74, 6) is -0.288. The van der Waals surface area contributed by atoms with Crippen molar-refractivity contribution in [1.29, 1.82) is 5.26 Å². The van der Waals surface area contributed by atoms with Gasteiger partial charge in [0.25, 0.3) is 0 Å². The Kier molecular flexibility index (Phi) is 5.33. The first-order valence-electron chi connectivity index (χ1n) is 7.16. The molecule has 0 aliphatic carbocycles. The molecule has 5 heteroatoms. The molecule has 21 heavy (non-hydrogen) atoms. The normalized spacial score (nSPS) is 15.2. The molecule has 1 saturated heterocycles. The van der Waals surface area contributed by atoms with E-state index in [1.165, 1.54) is 0 Å². The molecule has 1 amide bonds. The summed E-state index contributed by atoms with van der Waals surface area (Å²) in [6, 6.07) is 8.29. The fourth-order valence-corrected chi connectivity index (χ4v) is 2.29. The van der Waals surface area contributed by atoms with Crippen molar-refractivity contribution in [2.75, 3.05) is 19.7 Å². The second-order valence-electron chi connectivity index (χ2n) is 5.02. The predicted molar refractivity (Wildman–Crippen MR) is 76.5 cm³/mol. The van der Waals surface area contributed by atoms with Crippen LogP contribution < -0.4 is 0 Å². The number of hydrogen-bond donors (Lipinski definition) is 0. The quantitative estimate of drug-likeness (QED) is 0.795. The summed E-state index contributed by atoms with van der Waals surface area (Å²) >= 11 is 0. The molecule has 0 bridgehead atoms. The van der Waals surface area contributed by atoms with Gasteiger partial charge in [0.05, 0.1) is 23.7 Å². The first-order chi connectivity index (χ1) is 10.2. The van der Waals surface area contributed by atoms with Crippen molar-refractivity contribution in [3.05, 3.63) is 35.4 Å². The lowest BCUT2D eigenvalue weighted by Crippen LogP contribution is -2.33. The van der Waals surface area contributed by atoms with Gasteiger partial charge in [-0.05, 0) is 37.1 Å². The van der Waals surface area contributed by atoms with Gasteiger partial charge in [-0.2, -0.15) is 5.26 Å². The number of ether oxygens (including phenoxy) is 1. The number of nitriles is 1. The Hall–Kier alpha value is -2.35. The summed E-state index contributed by atoms with van der Waals surface area (Å²) in [6.45, 7) is 1.39. The molecule has 1 aliphatic rings. The molecule has 0 saturated carbocycles. The van der Waals surface area contributed by atoms with Crippen molar-refractivity contribution < 1.29 is 14.3 Å². The maximum absolute atomic E-state index is 11.8. The van der Waals surface area contributed by atoms with E-state index < -0.39 is 5.97 Å². The standard InChI is InChI=1S/C16H18N2O3/c17-12-13-5-7-14(8-6-13)16(20)21-11-10-18-9-3-1-2-4-15(18)19/h5-8H,1-4,9-11H2. The van der Waals surface area contributed by atoms with Crippen LogP contribution in [-0.2, 0) is 9.53 Å². The second-order valence-corrected chi connectivity index (χ2v) is 5.02.